The van der Waals surface area contributed by atoms with Crippen molar-refractivity contribution < 1.29 is 37.0 Å². The molecule has 0 fully saturated rings. The van der Waals surface area contributed by atoms with Crippen LogP contribution < -0.4 is 5.32 Å². The molecule has 0 radical (unpaired) electrons. The van der Waals surface area contributed by atoms with Crippen LogP contribution in [-0.2, 0) is 30.0 Å². The lowest BCUT2D eigenvalue weighted by Gasteiger charge is -2.38. The molecule has 1 N–H and O–H groups in total. The van der Waals surface area contributed by atoms with Crippen LogP contribution in [0.3, 0.4) is 0 Å². The Bertz CT molecular complexity index is 1020. The summed E-state index contributed by atoms with van der Waals surface area (Å²) in [5.41, 5.74) is -0.633. The molecule has 6 nitrogen and oxygen atoms in total. The number of hydrogen-bond acceptors (Lipinski definition) is 6. The van der Waals surface area contributed by atoms with E-state index in [1.807, 2.05) is 0 Å². The van der Waals surface area contributed by atoms with Gasteiger partial charge in [-0.2, -0.15) is 13.2 Å². The minimum absolute atomic E-state index is 0.00488. The topological polar surface area (TPSA) is 81.7 Å². The normalized spacial score (nSPS) is 23.5. The highest BCUT2D eigenvalue weighted by molar-refractivity contribution is 6.12. The number of alkyl halides is 3. The number of benzene rings is 1. The van der Waals surface area contributed by atoms with Crippen molar-refractivity contribution >= 4 is 17.7 Å². The van der Waals surface area contributed by atoms with E-state index in [1.54, 1.807) is 20.8 Å². The van der Waals surface area contributed by atoms with Crippen molar-refractivity contribution in [2.24, 2.45) is 11.8 Å². The van der Waals surface area contributed by atoms with Gasteiger partial charge >= 0.3 is 18.1 Å². The molecule has 2 aliphatic rings. The van der Waals surface area contributed by atoms with Crippen LogP contribution in [0.1, 0.15) is 44.2 Å². The summed E-state index contributed by atoms with van der Waals surface area (Å²) in [4.78, 5) is 38.7. The fourth-order valence-electron chi connectivity index (χ4n) is 4.48. The van der Waals surface area contributed by atoms with Crippen LogP contribution in [-0.4, -0.2) is 31.4 Å². The highest BCUT2D eigenvalue weighted by Crippen LogP contribution is 2.48. The first-order valence-corrected chi connectivity index (χ1v) is 10.2. The van der Waals surface area contributed by atoms with Gasteiger partial charge < -0.3 is 14.8 Å². The van der Waals surface area contributed by atoms with Crippen molar-refractivity contribution in [1.29, 1.82) is 0 Å². The molecule has 1 aromatic rings. The third kappa shape index (κ3) is 4.03. The number of ketones is 1. The van der Waals surface area contributed by atoms with Crippen molar-refractivity contribution in [1.82, 2.24) is 5.32 Å². The first-order chi connectivity index (χ1) is 15.0. The summed E-state index contributed by atoms with van der Waals surface area (Å²) in [6.45, 7) is 4.84. The van der Waals surface area contributed by atoms with E-state index in [4.69, 9.17) is 9.47 Å². The maximum atomic E-state index is 13.9. The summed E-state index contributed by atoms with van der Waals surface area (Å²) >= 11 is 0. The number of allylic oxidation sites excluding steroid dienone is 3. The molecule has 0 spiro atoms. The predicted molar refractivity (Wildman–Crippen MR) is 108 cm³/mol. The Morgan fingerprint density at radius 2 is 1.88 bits per heavy atom. The van der Waals surface area contributed by atoms with E-state index in [2.05, 4.69) is 5.32 Å². The zero-order chi connectivity index (χ0) is 23.8. The summed E-state index contributed by atoms with van der Waals surface area (Å²) in [6, 6.07) is 4.81. The van der Waals surface area contributed by atoms with Gasteiger partial charge in [-0.1, -0.05) is 25.1 Å². The van der Waals surface area contributed by atoms with Gasteiger partial charge in [-0.05, 0) is 37.8 Å². The van der Waals surface area contributed by atoms with Crippen LogP contribution in [0.15, 0.2) is 46.8 Å². The van der Waals surface area contributed by atoms with Crippen molar-refractivity contribution in [3.8, 4) is 0 Å². The van der Waals surface area contributed by atoms with Gasteiger partial charge in [-0.3, -0.25) is 9.59 Å². The summed E-state index contributed by atoms with van der Waals surface area (Å²) in [5, 5.41) is 3.01. The number of hydrogen-bond donors (Lipinski definition) is 1. The molecule has 32 heavy (non-hydrogen) atoms. The Balaban J connectivity index is 2.29. The Morgan fingerprint density at radius 3 is 2.47 bits per heavy atom. The van der Waals surface area contributed by atoms with E-state index in [-0.39, 0.29) is 29.7 Å². The Kier molecular flexibility index (Phi) is 6.48. The molecule has 1 aromatic carbocycles. The van der Waals surface area contributed by atoms with E-state index in [0.29, 0.717) is 11.4 Å². The summed E-state index contributed by atoms with van der Waals surface area (Å²) in [6.07, 6.45) is -4.48. The molecule has 0 saturated carbocycles. The van der Waals surface area contributed by atoms with Crippen molar-refractivity contribution in [3.05, 3.63) is 57.9 Å². The first-order valence-electron chi connectivity index (χ1n) is 10.2. The van der Waals surface area contributed by atoms with Crippen LogP contribution in [0.25, 0.3) is 0 Å². The lowest BCUT2D eigenvalue weighted by molar-refractivity contribution is -0.151. The predicted octanol–water partition coefficient (Wildman–Crippen LogP) is 3.88. The minimum Gasteiger partial charge on any atom is -0.468 e. The minimum atomic E-state index is -4.72. The van der Waals surface area contributed by atoms with Crippen LogP contribution in [0.4, 0.5) is 13.2 Å². The molecule has 0 bridgehead atoms. The van der Waals surface area contributed by atoms with E-state index in [0.717, 1.165) is 13.2 Å². The van der Waals surface area contributed by atoms with Crippen LogP contribution in [0.5, 0.6) is 0 Å². The number of halogens is 3. The molecule has 0 saturated heterocycles. The average Bonchev–Trinajstić information content (AvgIpc) is 2.72. The van der Waals surface area contributed by atoms with Crippen LogP contribution >= 0.6 is 0 Å². The zero-order valence-electron chi connectivity index (χ0n) is 18.1. The number of esters is 2. The van der Waals surface area contributed by atoms with E-state index in [1.165, 1.54) is 18.2 Å². The number of dihydropyridines is 1. The number of carbonyl (C=O) groups is 3. The lowest BCUT2D eigenvalue weighted by Crippen LogP contribution is -2.43. The molecule has 3 rings (SSSR count). The van der Waals surface area contributed by atoms with Gasteiger partial charge in [-0.15, -0.1) is 0 Å². The summed E-state index contributed by atoms with van der Waals surface area (Å²) in [7, 11) is 1.15. The van der Waals surface area contributed by atoms with Gasteiger partial charge in [0.25, 0.3) is 0 Å². The molecular formula is C23H24F3NO5. The molecule has 0 aromatic heterocycles. The first kappa shape index (κ1) is 23.6. The number of rotatable bonds is 4. The summed E-state index contributed by atoms with van der Waals surface area (Å²) in [5.74, 6) is -5.20. The van der Waals surface area contributed by atoms with Crippen molar-refractivity contribution in [2.75, 3.05) is 13.7 Å². The number of nitrogens with one attached hydrogen (secondary N) is 1. The third-order valence-electron chi connectivity index (χ3n) is 5.82. The lowest BCUT2D eigenvalue weighted by atomic mass is 9.68. The third-order valence-corrected chi connectivity index (χ3v) is 5.82. The standard InChI is InChI=1S/C23H24F3NO5/c1-5-32-22(30)17-12(3)27-15-10-11(2)16(21(29)31-4)20(28)19(15)18(17)13-8-6-7-9-14(13)23(24,25)26/h6-9,11,16,18,27H,5,10H2,1-4H3/t11-,16+,18-/m1/s1. The highest BCUT2D eigenvalue weighted by atomic mass is 19.4. The molecule has 9 heteroatoms. The molecule has 0 unspecified atom stereocenters. The van der Waals surface area contributed by atoms with Gasteiger partial charge in [0.2, 0.25) is 0 Å². The SMILES string of the molecule is CCOC(=O)C1=C(C)NC2=C(C(=O)[C@@H](C(=O)OC)[C@H](C)C2)[C@@H]1c1ccccc1C(F)(F)F. The molecule has 3 atom stereocenters. The Morgan fingerprint density at radius 1 is 1.22 bits per heavy atom. The number of ether oxygens (including phenoxy) is 2. The molecule has 0 amide bonds. The van der Waals surface area contributed by atoms with E-state index < -0.39 is 47.2 Å². The van der Waals surface area contributed by atoms with Gasteiger partial charge in [-0.25, -0.2) is 4.79 Å². The zero-order valence-corrected chi connectivity index (χ0v) is 18.1. The van der Waals surface area contributed by atoms with Gasteiger partial charge in [0.15, 0.2) is 5.78 Å². The smallest absolute Gasteiger partial charge is 0.416 e. The molecule has 1 aliphatic carbocycles. The highest BCUT2D eigenvalue weighted by Gasteiger charge is 2.49. The molecular weight excluding hydrogens is 427 g/mol. The van der Waals surface area contributed by atoms with Gasteiger partial charge in [0.1, 0.15) is 5.92 Å². The molecule has 1 aliphatic heterocycles. The number of methoxy groups -OCH3 is 1. The maximum absolute atomic E-state index is 13.9. The summed E-state index contributed by atoms with van der Waals surface area (Å²) < 4.78 is 51.6. The van der Waals surface area contributed by atoms with E-state index in [9.17, 15) is 27.6 Å². The Labute approximate surface area is 183 Å². The van der Waals surface area contributed by atoms with Crippen molar-refractivity contribution in [2.45, 2.75) is 39.3 Å². The van der Waals surface area contributed by atoms with Crippen LogP contribution in [0.2, 0.25) is 0 Å². The van der Waals surface area contributed by atoms with Crippen LogP contribution in [0, 0.1) is 11.8 Å². The second-order valence-corrected chi connectivity index (χ2v) is 7.84. The molecule has 172 valence electrons. The second-order valence-electron chi connectivity index (χ2n) is 7.84. The fourth-order valence-corrected chi connectivity index (χ4v) is 4.48. The average molecular weight is 451 g/mol. The monoisotopic (exact) mass is 451 g/mol. The van der Waals surface area contributed by atoms with E-state index >= 15 is 0 Å². The number of carbonyl (C=O) groups excluding carboxylic acids is 3. The second kappa shape index (κ2) is 8.80. The van der Waals surface area contributed by atoms with Gasteiger partial charge in [0.05, 0.1) is 24.9 Å². The fraction of sp³-hybridized carbons (Fsp3) is 0.435. The number of Topliss-reactive ketones (excluding diaryl/α,β-unsaturated/α-hetero) is 1. The largest absolute Gasteiger partial charge is 0.468 e. The molecule has 1 heterocycles. The Hall–Kier alpha value is -3.10. The van der Waals surface area contributed by atoms with Crippen molar-refractivity contribution in [3.63, 3.8) is 0 Å². The maximum Gasteiger partial charge on any atom is 0.416 e. The quantitative estimate of drug-likeness (QED) is 0.553. The van der Waals surface area contributed by atoms with Gasteiger partial charge in [0, 0.05) is 22.9 Å².